The Morgan fingerprint density at radius 2 is 2.17 bits per heavy atom. The van der Waals surface area contributed by atoms with E-state index < -0.39 is 0 Å². The van der Waals surface area contributed by atoms with Crippen LogP contribution in [0.25, 0.3) is 5.69 Å². The first kappa shape index (κ1) is 9.96. The summed E-state index contributed by atoms with van der Waals surface area (Å²) in [6, 6.07) is 6.00. The van der Waals surface area contributed by atoms with E-state index in [0.717, 1.165) is 42.4 Å². The first-order valence-corrected chi connectivity index (χ1v) is 6.08. The standard InChI is InChI=1S/C13H13N3O2/c1-2-12-13(18-8-17-12)5-9(1)16-7-15-10-6-14-4-3-11(10)16/h1-2,5,7,14H,3-4,6,8H2. The third-order valence-electron chi connectivity index (χ3n) is 3.42. The first-order valence-electron chi connectivity index (χ1n) is 6.08. The van der Waals surface area contributed by atoms with E-state index in [9.17, 15) is 0 Å². The van der Waals surface area contributed by atoms with E-state index in [-0.39, 0.29) is 0 Å². The van der Waals surface area contributed by atoms with Crippen LogP contribution >= 0.6 is 0 Å². The molecule has 2 aromatic rings. The van der Waals surface area contributed by atoms with Crippen LogP contribution in [0.3, 0.4) is 0 Å². The second-order valence-electron chi connectivity index (χ2n) is 4.47. The predicted octanol–water partition coefficient (Wildman–Crippen LogP) is 1.25. The zero-order valence-electron chi connectivity index (χ0n) is 9.85. The molecule has 3 heterocycles. The fourth-order valence-corrected chi connectivity index (χ4v) is 2.49. The highest BCUT2D eigenvalue weighted by Crippen LogP contribution is 2.34. The number of hydrogen-bond acceptors (Lipinski definition) is 4. The SMILES string of the molecule is c1cc2c(cc1-n1cnc3c1CCNC3)OCO2. The van der Waals surface area contributed by atoms with Crippen molar-refractivity contribution in [3.05, 3.63) is 35.9 Å². The number of ether oxygens (including phenoxy) is 2. The number of fused-ring (bicyclic) bond motifs is 2. The number of hydrogen-bond donors (Lipinski definition) is 1. The molecule has 0 unspecified atom stereocenters. The van der Waals surface area contributed by atoms with E-state index in [1.54, 1.807) is 0 Å². The van der Waals surface area contributed by atoms with E-state index in [2.05, 4.69) is 14.9 Å². The highest BCUT2D eigenvalue weighted by atomic mass is 16.7. The summed E-state index contributed by atoms with van der Waals surface area (Å²) in [5.74, 6) is 1.62. The molecule has 4 rings (SSSR count). The van der Waals surface area contributed by atoms with Gasteiger partial charge in [0.1, 0.15) is 0 Å². The van der Waals surface area contributed by atoms with Gasteiger partial charge in [0.05, 0.1) is 17.7 Å². The number of benzene rings is 1. The Kier molecular flexibility index (Phi) is 2.07. The molecular formula is C13H13N3O2. The Morgan fingerprint density at radius 1 is 1.22 bits per heavy atom. The monoisotopic (exact) mass is 243 g/mol. The van der Waals surface area contributed by atoms with Crippen LogP contribution < -0.4 is 14.8 Å². The van der Waals surface area contributed by atoms with E-state index in [1.807, 2.05) is 24.5 Å². The van der Waals surface area contributed by atoms with Gasteiger partial charge in [-0.3, -0.25) is 0 Å². The maximum absolute atomic E-state index is 5.41. The van der Waals surface area contributed by atoms with E-state index in [0.29, 0.717) is 6.79 Å². The molecule has 0 fully saturated rings. The maximum Gasteiger partial charge on any atom is 0.231 e. The molecule has 0 saturated carbocycles. The van der Waals surface area contributed by atoms with Gasteiger partial charge in [0, 0.05) is 31.3 Å². The van der Waals surface area contributed by atoms with Crippen LogP contribution in [0.5, 0.6) is 11.5 Å². The van der Waals surface area contributed by atoms with Crippen LogP contribution in [0.1, 0.15) is 11.4 Å². The van der Waals surface area contributed by atoms with Crippen LogP contribution in [0.15, 0.2) is 24.5 Å². The Balaban J connectivity index is 1.81. The molecule has 1 aromatic carbocycles. The minimum absolute atomic E-state index is 0.310. The molecule has 0 amide bonds. The third kappa shape index (κ3) is 1.41. The molecule has 92 valence electrons. The second kappa shape index (κ2) is 3.74. The minimum Gasteiger partial charge on any atom is -0.454 e. The van der Waals surface area contributed by atoms with Crippen LogP contribution in [0, 0.1) is 0 Å². The Morgan fingerprint density at radius 3 is 3.17 bits per heavy atom. The lowest BCUT2D eigenvalue weighted by atomic mass is 10.1. The Hall–Kier alpha value is -2.01. The van der Waals surface area contributed by atoms with Gasteiger partial charge in [0.15, 0.2) is 11.5 Å². The van der Waals surface area contributed by atoms with Gasteiger partial charge in [0.2, 0.25) is 6.79 Å². The molecule has 0 aliphatic carbocycles. The average molecular weight is 243 g/mol. The quantitative estimate of drug-likeness (QED) is 0.818. The van der Waals surface area contributed by atoms with E-state index in [1.165, 1.54) is 5.69 Å². The zero-order valence-corrected chi connectivity index (χ0v) is 9.85. The summed E-state index contributed by atoms with van der Waals surface area (Å²) in [6.45, 7) is 2.17. The second-order valence-corrected chi connectivity index (χ2v) is 4.47. The molecule has 0 atom stereocenters. The predicted molar refractivity (Wildman–Crippen MR) is 65.1 cm³/mol. The summed E-state index contributed by atoms with van der Waals surface area (Å²) in [5, 5.41) is 3.33. The minimum atomic E-state index is 0.310. The highest BCUT2D eigenvalue weighted by molar-refractivity contribution is 5.50. The average Bonchev–Trinajstić information content (AvgIpc) is 3.04. The smallest absolute Gasteiger partial charge is 0.231 e. The van der Waals surface area contributed by atoms with Crippen molar-refractivity contribution < 1.29 is 9.47 Å². The number of rotatable bonds is 1. The third-order valence-corrected chi connectivity index (χ3v) is 3.42. The van der Waals surface area contributed by atoms with Crippen molar-refractivity contribution in [3.8, 4) is 17.2 Å². The summed E-state index contributed by atoms with van der Waals surface area (Å²) >= 11 is 0. The van der Waals surface area contributed by atoms with Gasteiger partial charge >= 0.3 is 0 Å². The lowest BCUT2D eigenvalue weighted by Crippen LogP contribution is -2.24. The van der Waals surface area contributed by atoms with E-state index in [4.69, 9.17) is 9.47 Å². The van der Waals surface area contributed by atoms with Crippen molar-refractivity contribution in [2.24, 2.45) is 0 Å². The summed E-state index contributed by atoms with van der Waals surface area (Å²) in [6.07, 6.45) is 2.89. The van der Waals surface area contributed by atoms with Crippen LogP contribution in [0.4, 0.5) is 0 Å². The molecule has 0 radical (unpaired) electrons. The molecule has 2 aliphatic rings. The maximum atomic E-state index is 5.41. The van der Waals surface area contributed by atoms with Gasteiger partial charge in [-0.25, -0.2) is 4.98 Å². The highest BCUT2D eigenvalue weighted by Gasteiger charge is 2.18. The van der Waals surface area contributed by atoms with Gasteiger partial charge in [-0.2, -0.15) is 0 Å². The molecule has 0 saturated heterocycles. The van der Waals surface area contributed by atoms with Crippen LogP contribution in [-0.4, -0.2) is 22.9 Å². The fourth-order valence-electron chi connectivity index (χ4n) is 2.49. The molecular weight excluding hydrogens is 230 g/mol. The molecule has 0 bridgehead atoms. The van der Waals surface area contributed by atoms with Crippen LogP contribution in [-0.2, 0) is 13.0 Å². The largest absolute Gasteiger partial charge is 0.454 e. The molecule has 18 heavy (non-hydrogen) atoms. The Labute approximate surface area is 104 Å². The Bertz CT molecular complexity index is 606. The molecule has 0 spiro atoms. The summed E-state index contributed by atoms with van der Waals surface area (Å²) < 4.78 is 12.9. The zero-order chi connectivity index (χ0) is 11.9. The topological polar surface area (TPSA) is 48.3 Å². The van der Waals surface area contributed by atoms with Gasteiger partial charge in [0.25, 0.3) is 0 Å². The normalized spacial score (nSPS) is 16.7. The lowest BCUT2D eigenvalue weighted by Gasteiger charge is -2.15. The van der Waals surface area contributed by atoms with Crippen molar-refractivity contribution in [1.82, 2.24) is 14.9 Å². The van der Waals surface area contributed by atoms with Gasteiger partial charge < -0.3 is 19.4 Å². The number of nitrogens with zero attached hydrogens (tertiary/aromatic N) is 2. The van der Waals surface area contributed by atoms with Gasteiger partial charge in [-0.15, -0.1) is 0 Å². The number of imidazole rings is 1. The van der Waals surface area contributed by atoms with Gasteiger partial charge in [-0.1, -0.05) is 0 Å². The van der Waals surface area contributed by atoms with Crippen molar-refractivity contribution in [3.63, 3.8) is 0 Å². The summed E-state index contributed by atoms with van der Waals surface area (Å²) in [7, 11) is 0. The molecule has 1 aromatic heterocycles. The summed E-state index contributed by atoms with van der Waals surface area (Å²) in [4.78, 5) is 4.46. The van der Waals surface area contributed by atoms with Crippen molar-refractivity contribution in [2.45, 2.75) is 13.0 Å². The molecule has 1 N–H and O–H groups in total. The van der Waals surface area contributed by atoms with Crippen molar-refractivity contribution in [2.75, 3.05) is 13.3 Å². The first-order chi connectivity index (χ1) is 8.92. The number of aromatic nitrogens is 2. The molecule has 5 nitrogen and oxygen atoms in total. The van der Waals surface area contributed by atoms with Crippen molar-refractivity contribution >= 4 is 0 Å². The van der Waals surface area contributed by atoms with Gasteiger partial charge in [-0.05, 0) is 12.1 Å². The van der Waals surface area contributed by atoms with Crippen LogP contribution in [0.2, 0.25) is 0 Å². The number of nitrogens with one attached hydrogen (secondary N) is 1. The molecule has 2 aliphatic heterocycles. The molecule has 5 heteroatoms. The van der Waals surface area contributed by atoms with Crippen molar-refractivity contribution in [1.29, 1.82) is 0 Å². The lowest BCUT2D eigenvalue weighted by molar-refractivity contribution is 0.174. The van der Waals surface area contributed by atoms with E-state index >= 15 is 0 Å². The fraction of sp³-hybridized carbons (Fsp3) is 0.308. The summed E-state index contributed by atoms with van der Waals surface area (Å²) in [5.41, 5.74) is 3.50.